The maximum Gasteiger partial charge on any atom is 0.325 e. The third-order valence-electron chi connectivity index (χ3n) is 2.04. The zero-order chi connectivity index (χ0) is 10.8. The Morgan fingerprint density at radius 3 is 2.56 bits per heavy atom. The molecule has 84 valence electrons. The van der Waals surface area contributed by atoms with Crippen molar-refractivity contribution in [2.24, 2.45) is 0 Å². The van der Waals surface area contributed by atoms with Crippen molar-refractivity contribution < 1.29 is 0 Å². The lowest BCUT2D eigenvalue weighted by atomic mass is 10.1. The first-order chi connectivity index (χ1) is 7.16. The smallest absolute Gasteiger partial charge is 0.313 e. The second-order valence-corrected chi connectivity index (χ2v) is 3.17. The molecule has 0 atom stereocenters. The molecule has 2 heterocycles. The molecule has 0 saturated carbocycles. The fourth-order valence-electron chi connectivity index (χ4n) is 1.25. The van der Waals surface area contributed by atoms with Gasteiger partial charge in [-0.1, -0.05) is 6.07 Å². The van der Waals surface area contributed by atoms with E-state index in [1.165, 1.54) is 6.20 Å². The maximum atomic E-state index is 11.4. The molecule has 0 amide bonds. The van der Waals surface area contributed by atoms with Crippen LogP contribution in [0.4, 0.5) is 0 Å². The predicted molar refractivity (Wildman–Crippen MR) is 62.9 cm³/mol. The van der Waals surface area contributed by atoms with Crippen LogP contribution in [0.5, 0.6) is 0 Å². The van der Waals surface area contributed by atoms with Gasteiger partial charge in [0.15, 0.2) is 0 Å². The normalized spacial score (nSPS) is 9.56. The van der Waals surface area contributed by atoms with Crippen LogP contribution >= 0.6 is 12.4 Å². The van der Waals surface area contributed by atoms with Crippen LogP contribution in [0.2, 0.25) is 0 Å². The first-order valence-electron chi connectivity index (χ1n) is 4.42. The number of nitrogens with one attached hydrogen (secondary N) is 2. The van der Waals surface area contributed by atoms with E-state index in [9.17, 15) is 9.59 Å². The molecule has 16 heavy (non-hydrogen) atoms. The molecule has 0 unspecified atom stereocenters. The molecule has 0 radical (unpaired) electrons. The summed E-state index contributed by atoms with van der Waals surface area (Å²) in [5, 5.41) is 0. The highest BCUT2D eigenvalue weighted by molar-refractivity contribution is 5.85. The molecule has 2 aromatic heterocycles. The minimum atomic E-state index is -0.510. The summed E-state index contributed by atoms with van der Waals surface area (Å²) >= 11 is 0. The highest BCUT2D eigenvalue weighted by Gasteiger charge is 2.03. The van der Waals surface area contributed by atoms with E-state index < -0.39 is 11.2 Å². The van der Waals surface area contributed by atoms with Gasteiger partial charge in [0.1, 0.15) is 0 Å². The first-order valence-corrected chi connectivity index (χ1v) is 4.42. The average molecular weight is 240 g/mol. The summed E-state index contributed by atoms with van der Waals surface area (Å²) < 4.78 is 0. The number of aryl methyl sites for hydroxylation is 1. The van der Waals surface area contributed by atoms with Gasteiger partial charge < -0.3 is 4.98 Å². The number of halogens is 1. The molecule has 0 aromatic carbocycles. The summed E-state index contributed by atoms with van der Waals surface area (Å²) in [6.07, 6.45) is 2.98. The molecule has 0 aliphatic carbocycles. The molecular formula is C10H10ClN3O2. The van der Waals surface area contributed by atoms with Crippen molar-refractivity contribution in [3.63, 3.8) is 0 Å². The number of nitrogens with zero attached hydrogens (tertiary/aromatic N) is 1. The van der Waals surface area contributed by atoms with Gasteiger partial charge in [0, 0.05) is 23.7 Å². The molecule has 0 saturated heterocycles. The Balaban J connectivity index is 0.00000128. The van der Waals surface area contributed by atoms with Crippen molar-refractivity contribution in [3.05, 3.63) is 51.1 Å². The lowest BCUT2D eigenvalue weighted by Gasteiger charge is -1.99. The lowest BCUT2D eigenvalue weighted by Crippen LogP contribution is -2.22. The summed E-state index contributed by atoms with van der Waals surface area (Å²) in [6.45, 7) is 1.86. The van der Waals surface area contributed by atoms with Crippen LogP contribution in [0.3, 0.4) is 0 Å². The molecule has 2 rings (SSSR count). The van der Waals surface area contributed by atoms with E-state index in [0.29, 0.717) is 11.1 Å². The molecular weight excluding hydrogens is 230 g/mol. The Labute approximate surface area is 97.0 Å². The number of pyridine rings is 1. The molecule has 0 fully saturated rings. The van der Waals surface area contributed by atoms with Crippen molar-refractivity contribution >= 4 is 12.4 Å². The number of aromatic nitrogens is 3. The van der Waals surface area contributed by atoms with Gasteiger partial charge in [-0.3, -0.25) is 14.8 Å². The van der Waals surface area contributed by atoms with Crippen LogP contribution in [-0.2, 0) is 0 Å². The van der Waals surface area contributed by atoms with E-state index in [0.717, 1.165) is 5.69 Å². The molecule has 2 N–H and O–H groups in total. The highest BCUT2D eigenvalue weighted by Crippen LogP contribution is 2.11. The third kappa shape index (κ3) is 2.38. The number of aromatic amines is 2. The van der Waals surface area contributed by atoms with E-state index in [1.807, 2.05) is 6.92 Å². The molecule has 0 aliphatic rings. The molecule has 0 spiro atoms. The van der Waals surface area contributed by atoms with Crippen molar-refractivity contribution in [2.75, 3.05) is 0 Å². The Morgan fingerprint density at radius 2 is 2.00 bits per heavy atom. The second kappa shape index (κ2) is 4.76. The van der Waals surface area contributed by atoms with Gasteiger partial charge >= 0.3 is 5.69 Å². The Morgan fingerprint density at radius 1 is 1.25 bits per heavy atom. The number of hydrogen-bond acceptors (Lipinski definition) is 3. The van der Waals surface area contributed by atoms with E-state index >= 15 is 0 Å². The van der Waals surface area contributed by atoms with Gasteiger partial charge in [-0.2, -0.15) is 0 Å². The van der Waals surface area contributed by atoms with Crippen molar-refractivity contribution in [2.45, 2.75) is 6.92 Å². The van der Waals surface area contributed by atoms with E-state index in [1.54, 1.807) is 18.3 Å². The van der Waals surface area contributed by atoms with E-state index in [-0.39, 0.29) is 12.4 Å². The summed E-state index contributed by atoms with van der Waals surface area (Å²) in [4.78, 5) is 30.9. The Hall–Kier alpha value is -1.88. The molecule has 0 aliphatic heterocycles. The van der Waals surface area contributed by atoms with Gasteiger partial charge in [-0.05, 0) is 13.0 Å². The van der Waals surface area contributed by atoms with Crippen molar-refractivity contribution in [1.29, 1.82) is 0 Å². The Bertz CT molecular complexity index is 586. The van der Waals surface area contributed by atoms with Gasteiger partial charge in [0.05, 0.1) is 5.56 Å². The maximum absolute atomic E-state index is 11.4. The number of rotatable bonds is 1. The zero-order valence-electron chi connectivity index (χ0n) is 8.48. The fraction of sp³-hybridized carbons (Fsp3) is 0.100. The zero-order valence-corrected chi connectivity index (χ0v) is 9.30. The minimum Gasteiger partial charge on any atom is -0.313 e. The van der Waals surface area contributed by atoms with E-state index in [2.05, 4.69) is 15.0 Å². The van der Waals surface area contributed by atoms with Crippen molar-refractivity contribution in [1.82, 2.24) is 15.0 Å². The summed E-state index contributed by atoms with van der Waals surface area (Å²) in [7, 11) is 0. The average Bonchev–Trinajstić information content (AvgIpc) is 2.20. The monoisotopic (exact) mass is 239 g/mol. The van der Waals surface area contributed by atoms with Crippen LogP contribution in [0.1, 0.15) is 5.69 Å². The predicted octanol–water partition coefficient (Wildman–Crippen LogP) is 0.855. The SMILES string of the molecule is Cc1ccc(-c2c[nH]c(=O)[nH]c2=O)cn1.Cl. The summed E-state index contributed by atoms with van der Waals surface area (Å²) in [6, 6.07) is 3.59. The molecule has 6 heteroatoms. The van der Waals surface area contributed by atoms with Gasteiger partial charge in [0.25, 0.3) is 5.56 Å². The molecule has 2 aromatic rings. The fourth-order valence-corrected chi connectivity index (χ4v) is 1.25. The van der Waals surface area contributed by atoms with Gasteiger partial charge in [-0.15, -0.1) is 12.4 Å². The number of H-pyrrole nitrogens is 2. The topological polar surface area (TPSA) is 78.6 Å². The van der Waals surface area contributed by atoms with Gasteiger partial charge in [0.2, 0.25) is 0 Å². The quantitative estimate of drug-likeness (QED) is 0.775. The van der Waals surface area contributed by atoms with Crippen LogP contribution in [0, 0.1) is 6.92 Å². The second-order valence-electron chi connectivity index (χ2n) is 3.17. The van der Waals surface area contributed by atoms with Crippen LogP contribution in [-0.4, -0.2) is 15.0 Å². The van der Waals surface area contributed by atoms with Gasteiger partial charge in [-0.25, -0.2) is 4.79 Å². The third-order valence-corrected chi connectivity index (χ3v) is 2.04. The van der Waals surface area contributed by atoms with Crippen LogP contribution < -0.4 is 11.2 Å². The standard InChI is InChI=1S/C10H9N3O2.ClH/c1-6-2-3-7(4-11-6)8-5-12-10(15)13-9(8)14;/h2-5H,1H3,(H2,12,13,14,15);1H. The summed E-state index contributed by atoms with van der Waals surface area (Å²) in [5.41, 5.74) is 1.04. The van der Waals surface area contributed by atoms with E-state index in [4.69, 9.17) is 0 Å². The molecule has 0 bridgehead atoms. The minimum absolute atomic E-state index is 0. The van der Waals surface area contributed by atoms with Crippen molar-refractivity contribution in [3.8, 4) is 11.1 Å². The largest absolute Gasteiger partial charge is 0.325 e. The van der Waals surface area contributed by atoms with Crippen LogP contribution in [0.25, 0.3) is 11.1 Å². The highest BCUT2D eigenvalue weighted by atomic mass is 35.5. The first kappa shape index (κ1) is 12.2. The Kier molecular flexibility index (Phi) is 3.63. The lowest BCUT2D eigenvalue weighted by molar-refractivity contribution is 1.04. The number of hydrogen-bond donors (Lipinski definition) is 2. The molecule has 5 nitrogen and oxygen atoms in total. The summed E-state index contributed by atoms with van der Waals surface area (Å²) in [5.74, 6) is 0. The van der Waals surface area contributed by atoms with Crippen LogP contribution in [0.15, 0.2) is 34.1 Å².